The highest BCUT2D eigenvalue weighted by Crippen LogP contribution is 2.36. The van der Waals surface area contributed by atoms with Crippen molar-refractivity contribution in [2.24, 2.45) is 5.41 Å². The summed E-state index contributed by atoms with van der Waals surface area (Å²) >= 11 is 0. The van der Waals surface area contributed by atoms with Crippen LogP contribution in [0.1, 0.15) is 52.4 Å². The zero-order chi connectivity index (χ0) is 12.3. The maximum absolute atomic E-state index is 9.77. The first-order valence-electron chi connectivity index (χ1n) is 7.08. The van der Waals surface area contributed by atoms with Gasteiger partial charge in [-0.25, -0.2) is 0 Å². The molecule has 1 atom stereocenters. The van der Waals surface area contributed by atoms with E-state index in [9.17, 15) is 5.11 Å². The Morgan fingerprint density at radius 1 is 1.24 bits per heavy atom. The summed E-state index contributed by atoms with van der Waals surface area (Å²) in [5.74, 6) is 0. The Kier molecular flexibility index (Phi) is 4.45. The second kappa shape index (κ2) is 5.68. The Morgan fingerprint density at radius 2 is 1.88 bits per heavy atom. The molecule has 0 aromatic heterocycles. The normalized spacial score (nSPS) is 27.0. The largest absolute Gasteiger partial charge is 0.389 e. The maximum Gasteiger partial charge on any atom is 0.0897 e. The predicted octanol–water partition coefficient (Wildman–Crippen LogP) is 2.08. The van der Waals surface area contributed by atoms with E-state index < -0.39 is 0 Å². The minimum Gasteiger partial charge on any atom is -0.389 e. The van der Waals surface area contributed by atoms with Crippen LogP contribution in [0.4, 0.5) is 0 Å². The van der Waals surface area contributed by atoms with E-state index in [1.807, 2.05) is 0 Å². The molecule has 1 unspecified atom stereocenters. The number of ether oxygens (including phenoxy) is 1. The molecule has 0 aliphatic heterocycles. The molecule has 0 bridgehead atoms. The fourth-order valence-corrected chi connectivity index (χ4v) is 2.44. The van der Waals surface area contributed by atoms with Gasteiger partial charge in [-0.15, -0.1) is 0 Å². The van der Waals surface area contributed by atoms with E-state index in [1.165, 1.54) is 25.7 Å². The van der Waals surface area contributed by atoms with Crippen molar-refractivity contribution in [1.29, 1.82) is 0 Å². The smallest absolute Gasteiger partial charge is 0.0897 e. The molecule has 2 rings (SSSR count). The van der Waals surface area contributed by atoms with Gasteiger partial charge in [-0.05, 0) is 43.9 Å². The molecule has 0 amide bonds. The zero-order valence-electron chi connectivity index (χ0n) is 11.2. The van der Waals surface area contributed by atoms with Crippen molar-refractivity contribution in [3.63, 3.8) is 0 Å². The van der Waals surface area contributed by atoms with E-state index in [-0.39, 0.29) is 6.10 Å². The molecule has 100 valence electrons. The second-order valence-electron chi connectivity index (χ2n) is 6.53. The Labute approximate surface area is 105 Å². The number of rotatable bonds is 6. The van der Waals surface area contributed by atoms with Crippen LogP contribution in [-0.2, 0) is 4.74 Å². The summed E-state index contributed by atoms with van der Waals surface area (Å²) in [7, 11) is 0. The minimum atomic E-state index is -0.342. The van der Waals surface area contributed by atoms with Gasteiger partial charge < -0.3 is 15.2 Å². The minimum absolute atomic E-state index is 0.342. The third-order valence-electron chi connectivity index (χ3n) is 4.03. The van der Waals surface area contributed by atoms with Gasteiger partial charge in [0.15, 0.2) is 0 Å². The SMILES string of the molecule is CC1(C)CCC(OCC(O)CNC2CC2)CC1. The summed E-state index contributed by atoms with van der Waals surface area (Å²) in [6, 6.07) is 0.667. The molecule has 2 saturated carbocycles. The molecule has 17 heavy (non-hydrogen) atoms. The highest BCUT2D eigenvalue weighted by molar-refractivity contribution is 4.82. The van der Waals surface area contributed by atoms with Crippen molar-refractivity contribution in [2.45, 2.75) is 70.6 Å². The van der Waals surface area contributed by atoms with Crippen LogP contribution in [0, 0.1) is 5.41 Å². The molecule has 3 nitrogen and oxygen atoms in total. The lowest BCUT2D eigenvalue weighted by Gasteiger charge is -2.34. The Balaban J connectivity index is 1.55. The van der Waals surface area contributed by atoms with Crippen molar-refractivity contribution < 1.29 is 9.84 Å². The van der Waals surface area contributed by atoms with Gasteiger partial charge in [0.25, 0.3) is 0 Å². The summed E-state index contributed by atoms with van der Waals surface area (Å²) in [4.78, 5) is 0. The van der Waals surface area contributed by atoms with Crippen LogP contribution in [0.5, 0.6) is 0 Å². The lowest BCUT2D eigenvalue weighted by molar-refractivity contribution is -0.0365. The fourth-order valence-electron chi connectivity index (χ4n) is 2.44. The van der Waals surface area contributed by atoms with Gasteiger partial charge in [0.05, 0.1) is 18.8 Å². The van der Waals surface area contributed by atoms with Crippen LogP contribution in [0.15, 0.2) is 0 Å². The Hall–Kier alpha value is -0.120. The lowest BCUT2D eigenvalue weighted by Crippen LogP contribution is -2.34. The van der Waals surface area contributed by atoms with Gasteiger partial charge in [-0.2, -0.15) is 0 Å². The molecule has 0 heterocycles. The van der Waals surface area contributed by atoms with Crippen molar-refractivity contribution in [3.05, 3.63) is 0 Å². The molecule has 2 aliphatic carbocycles. The van der Waals surface area contributed by atoms with Gasteiger partial charge in [0.2, 0.25) is 0 Å². The van der Waals surface area contributed by atoms with Crippen LogP contribution >= 0.6 is 0 Å². The molecular weight excluding hydrogens is 214 g/mol. The average molecular weight is 241 g/mol. The summed E-state index contributed by atoms with van der Waals surface area (Å²) in [5.41, 5.74) is 0.492. The van der Waals surface area contributed by atoms with Crippen molar-refractivity contribution in [2.75, 3.05) is 13.2 Å². The van der Waals surface area contributed by atoms with E-state index in [4.69, 9.17) is 4.74 Å². The second-order valence-corrected chi connectivity index (χ2v) is 6.53. The summed E-state index contributed by atoms with van der Waals surface area (Å²) in [5, 5.41) is 13.1. The van der Waals surface area contributed by atoms with E-state index in [1.54, 1.807) is 0 Å². The summed E-state index contributed by atoms with van der Waals surface area (Å²) in [6.45, 7) is 5.84. The zero-order valence-corrected chi connectivity index (χ0v) is 11.2. The monoisotopic (exact) mass is 241 g/mol. The highest BCUT2D eigenvalue weighted by Gasteiger charge is 2.27. The maximum atomic E-state index is 9.77. The Bertz CT molecular complexity index is 228. The number of nitrogens with one attached hydrogen (secondary N) is 1. The molecule has 0 saturated heterocycles. The first-order valence-corrected chi connectivity index (χ1v) is 7.08. The molecule has 0 aromatic rings. The molecule has 2 N–H and O–H groups in total. The fraction of sp³-hybridized carbons (Fsp3) is 1.00. The number of hydrogen-bond acceptors (Lipinski definition) is 3. The van der Waals surface area contributed by atoms with Crippen LogP contribution in [0.3, 0.4) is 0 Å². The number of aliphatic hydroxyl groups excluding tert-OH is 1. The summed E-state index contributed by atoms with van der Waals surface area (Å²) in [6.07, 6.45) is 7.36. The first-order chi connectivity index (χ1) is 8.05. The highest BCUT2D eigenvalue weighted by atomic mass is 16.5. The third-order valence-corrected chi connectivity index (χ3v) is 4.03. The number of hydrogen-bond donors (Lipinski definition) is 2. The lowest BCUT2D eigenvalue weighted by atomic mass is 9.76. The van der Waals surface area contributed by atoms with Crippen molar-refractivity contribution >= 4 is 0 Å². The summed E-state index contributed by atoms with van der Waals surface area (Å²) < 4.78 is 5.80. The van der Waals surface area contributed by atoms with Gasteiger partial charge >= 0.3 is 0 Å². The van der Waals surface area contributed by atoms with E-state index in [0.29, 0.717) is 30.7 Å². The van der Waals surface area contributed by atoms with Crippen LogP contribution in [0.25, 0.3) is 0 Å². The third kappa shape index (κ3) is 4.94. The molecule has 3 heteroatoms. The van der Waals surface area contributed by atoms with E-state index in [2.05, 4.69) is 19.2 Å². The standard InChI is InChI=1S/C14H27NO2/c1-14(2)7-5-13(6-8-14)17-10-12(16)9-15-11-3-4-11/h11-13,15-16H,3-10H2,1-2H3. The molecule has 0 radical (unpaired) electrons. The van der Waals surface area contributed by atoms with Crippen molar-refractivity contribution in [3.8, 4) is 0 Å². The van der Waals surface area contributed by atoms with Gasteiger partial charge in [0, 0.05) is 12.6 Å². The number of aliphatic hydroxyl groups is 1. The quantitative estimate of drug-likeness (QED) is 0.748. The van der Waals surface area contributed by atoms with Crippen LogP contribution < -0.4 is 5.32 Å². The van der Waals surface area contributed by atoms with Crippen LogP contribution in [0.2, 0.25) is 0 Å². The van der Waals surface area contributed by atoms with E-state index in [0.717, 1.165) is 12.8 Å². The van der Waals surface area contributed by atoms with E-state index >= 15 is 0 Å². The van der Waals surface area contributed by atoms with Crippen molar-refractivity contribution in [1.82, 2.24) is 5.32 Å². The molecule has 0 spiro atoms. The van der Waals surface area contributed by atoms with Gasteiger partial charge in [0.1, 0.15) is 0 Å². The molecular formula is C14H27NO2. The van der Waals surface area contributed by atoms with Gasteiger partial charge in [-0.3, -0.25) is 0 Å². The molecule has 2 fully saturated rings. The predicted molar refractivity (Wildman–Crippen MR) is 69.0 cm³/mol. The molecule has 2 aliphatic rings. The average Bonchev–Trinajstić information content (AvgIpc) is 3.08. The Morgan fingerprint density at radius 3 is 2.47 bits per heavy atom. The van der Waals surface area contributed by atoms with Crippen LogP contribution in [-0.4, -0.2) is 36.5 Å². The topological polar surface area (TPSA) is 41.5 Å². The van der Waals surface area contributed by atoms with Gasteiger partial charge in [-0.1, -0.05) is 13.8 Å². The molecule has 0 aromatic carbocycles. The first kappa shape index (κ1) is 13.3.